The fraction of sp³-hybridized carbons (Fsp3) is 0.944. The van der Waals surface area contributed by atoms with E-state index in [0.29, 0.717) is 37.5 Å². The maximum Gasteiger partial charge on any atom is 0.472 e. The third kappa shape index (κ3) is 63.9. The summed E-state index contributed by atoms with van der Waals surface area (Å²) in [5, 5.41) is 10.6. The largest absolute Gasteiger partial charge is 0.472 e. The maximum absolute atomic E-state index is 13.0. The molecule has 0 aliphatic carbocycles. The molecule has 0 bridgehead atoms. The van der Waals surface area contributed by atoms with Crippen LogP contribution in [0.25, 0.3) is 0 Å². The number of rotatable bonds is 69. The van der Waals surface area contributed by atoms with Gasteiger partial charge < -0.3 is 33.8 Å². The molecule has 0 rings (SSSR count). The lowest BCUT2D eigenvalue weighted by atomic mass is 9.99. The van der Waals surface area contributed by atoms with Crippen LogP contribution in [0, 0.1) is 23.7 Å². The Bertz CT molecular complexity index is 1800. The molecule has 0 aromatic heterocycles. The molecular weight excluding hydrogens is 1200 g/mol. The Hall–Kier alpha value is -1.94. The number of carbonyl (C=O) groups is 4. The number of aliphatic hydroxyl groups excluding tert-OH is 1. The van der Waals surface area contributed by atoms with E-state index in [0.717, 1.165) is 115 Å². The summed E-state index contributed by atoms with van der Waals surface area (Å²) in [7, 11) is -9.90. The van der Waals surface area contributed by atoms with Crippen LogP contribution in [0.1, 0.15) is 357 Å². The Morgan fingerprint density at radius 2 is 0.527 bits per heavy atom. The Morgan fingerprint density at radius 3 is 0.780 bits per heavy atom. The maximum atomic E-state index is 13.0. The predicted molar refractivity (Wildman–Crippen MR) is 367 cm³/mol. The van der Waals surface area contributed by atoms with Gasteiger partial charge in [-0.3, -0.25) is 37.3 Å². The van der Waals surface area contributed by atoms with Crippen LogP contribution in [0.4, 0.5) is 0 Å². The fourth-order valence-electron chi connectivity index (χ4n) is 10.8. The fourth-order valence-corrected chi connectivity index (χ4v) is 12.4. The van der Waals surface area contributed by atoms with Crippen LogP contribution in [0.2, 0.25) is 0 Å². The van der Waals surface area contributed by atoms with Gasteiger partial charge in [0, 0.05) is 25.7 Å². The van der Waals surface area contributed by atoms with Crippen molar-refractivity contribution in [3.05, 3.63) is 0 Å². The molecule has 0 radical (unpaired) electrons. The van der Waals surface area contributed by atoms with Crippen molar-refractivity contribution in [3.8, 4) is 0 Å². The average molecular weight is 1340 g/mol. The first-order valence-corrected chi connectivity index (χ1v) is 40.3. The second kappa shape index (κ2) is 61.6. The summed E-state index contributed by atoms with van der Waals surface area (Å²) >= 11 is 0. The first-order chi connectivity index (χ1) is 43.7. The minimum absolute atomic E-state index is 0.102. The summed E-state index contributed by atoms with van der Waals surface area (Å²) in [6, 6.07) is 0. The van der Waals surface area contributed by atoms with Crippen molar-refractivity contribution in [3.63, 3.8) is 0 Å². The minimum atomic E-state index is -4.95. The Kier molecular flexibility index (Phi) is 60.3. The van der Waals surface area contributed by atoms with Crippen molar-refractivity contribution in [1.29, 1.82) is 0 Å². The first-order valence-electron chi connectivity index (χ1n) is 37.3. The number of hydrogen-bond donors (Lipinski definition) is 3. The quantitative estimate of drug-likeness (QED) is 0.0222. The van der Waals surface area contributed by atoms with E-state index >= 15 is 0 Å². The second-order valence-electron chi connectivity index (χ2n) is 27.4. The van der Waals surface area contributed by atoms with Gasteiger partial charge in [0.25, 0.3) is 0 Å². The average Bonchev–Trinajstić information content (AvgIpc) is 2.14. The van der Waals surface area contributed by atoms with E-state index in [1.54, 1.807) is 0 Å². The SMILES string of the molecule is CCC(C)CCCCCCCCCCCCCCCCCCCCC(=O)O[C@H](COC(=O)CCCCCCCCC(C)CC)COP(=O)(O)OC[C@H](O)COP(=O)(O)OC[C@@H](COC(=O)CCCCCCCCC(C)C)OC(=O)CCCCCCCCCC(C)C. The standard InChI is InChI=1S/C72H140O17P2/c1-9-64(7)50-42-34-25-21-19-17-15-13-11-12-14-16-18-20-22-26-38-46-54-71(76)88-67(59-83-70(75)53-45-37-31-29-35-43-51-65(8)10-2)60-86-90(78,79)84-56-66(73)57-85-91(80,81)87-61-68(58-82-69(74)52-44-36-30-28-33-41-49-63(5)6)89-72(77)55-47-39-27-23-24-32-40-48-62(3)4/h62-68,73H,9-61H2,1-8H3,(H,78,79)(H,80,81)/t64?,65?,66-,67+,68+/m0/s1. The molecule has 3 N–H and O–H groups in total. The third-order valence-electron chi connectivity index (χ3n) is 17.3. The highest BCUT2D eigenvalue weighted by atomic mass is 31.2. The van der Waals surface area contributed by atoms with Gasteiger partial charge >= 0.3 is 39.5 Å². The molecule has 0 saturated heterocycles. The molecule has 0 amide bonds. The zero-order chi connectivity index (χ0) is 67.5. The monoisotopic (exact) mass is 1340 g/mol. The summed E-state index contributed by atoms with van der Waals surface area (Å²) in [6.45, 7) is 14.0. The van der Waals surface area contributed by atoms with Gasteiger partial charge in [-0.25, -0.2) is 9.13 Å². The van der Waals surface area contributed by atoms with Crippen molar-refractivity contribution in [1.82, 2.24) is 0 Å². The summed E-state index contributed by atoms with van der Waals surface area (Å²) < 4.78 is 68.2. The molecular formula is C72H140O17P2. The normalized spacial score (nSPS) is 14.8. The molecule has 4 unspecified atom stereocenters. The molecule has 0 fully saturated rings. The van der Waals surface area contributed by atoms with Gasteiger partial charge in [0.1, 0.15) is 19.3 Å². The number of phosphoric ester groups is 2. The van der Waals surface area contributed by atoms with Crippen LogP contribution in [0.15, 0.2) is 0 Å². The summed E-state index contributed by atoms with van der Waals surface area (Å²) in [6.07, 6.45) is 44.9. The Balaban J connectivity index is 5.14. The molecule has 19 heteroatoms. The third-order valence-corrected chi connectivity index (χ3v) is 19.2. The number of ether oxygens (including phenoxy) is 4. The van der Waals surface area contributed by atoms with Crippen LogP contribution in [0.5, 0.6) is 0 Å². The molecule has 0 aromatic carbocycles. The molecule has 0 aliphatic rings. The van der Waals surface area contributed by atoms with Gasteiger partial charge in [-0.1, -0.05) is 306 Å². The molecule has 540 valence electrons. The lowest BCUT2D eigenvalue weighted by molar-refractivity contribution is -0.161. The van der Waals surface area contributed by atoms with Crippen LogP contribution in [-0.4, -0.2) is 96.7 Å². The van der Waals surface area contributed by atoms with Gasteiger partial charge in [-0.2, -0.15) is 0 Å². The van der Waals surface area contributed by atoms with Crippen molar-refractivity contribution >= 4 is 39.5 Å². The number of carbonyl (C=O) groups excluding carboxylic acids is 4. The smallest absolute Gasteiger partial charge is 0.462 e. The number of phosphoric acid groups is 2. The highest BCUT2D eigenvalue weighted by molar-refractivity contribution is 7.47. The van der Waals surface area contributed by atoms with Gasteiger partial charge in [-0.05, 0) is 49.4 Å². The Morgan fingerprint density at radius 1 is 0.308 bits per heavy atom. The number of hydrogen-bond acceptors (Lipinski definition) is 15. The van der Waals surface area contributed by atoms with Crippen molar-refractivity contribution in [2.24, 2.45) is 23.7 Å². The minimum Gasteiger partial charge on any atom is -0.462 e. The van der Waals surface area contributed by atoms with Crippen molar-refractivity contribution < 1.29 is 80.2 Å². The summed E-state index contributed by atoms with van der Waals surface area (Å²) in [4.78, 5) is 72.5. The topological polar surface area (TPSA) is 237 Å². The van der Waals surface area contributed by atoms with Crippen LogP contribution in [-0.2, 0) is 65.4 Å². The lowest BCUT2D eigenvalue weighted by Crippen LogP contribution is -2.30. The Labute approximate surface area is 556 Å². The predicted octanol–water partition coefficient (Wildman–Crippen LogP) is 20.5. The first kappa shape index (κ1) is 89.1. The molecule has 0 heterocycles. The molecule has 7 atom stereocenters. The lowest BCUT2D eigenvalue weighted by Gasteiger charge is -2.21. The van der Waals surface area contributed by atoms with Crippen molar-refractivity contribution in [2.75, 3.05) is 39.6 Å². The van der Waals surface area contributed by atoms with Gasteiger partial charge in [0.05, 0.1) is 26.4 Å². The van der Waals surface area contributed by atoms with E-state index in [1.807, 2.05) is 0 Å². The van der Waals surface area contributed by atoms with Crippen LogP contribution in [0.3, 0.4) is 0 Å². The zero-order valence-corrected chi connectivity index (χ0v) is 61.3. The van der Waals surface area contributed by atoms with E-state index in [9.17, 15) is 43.2 Å². The van der Waals surface area contributed by atoms with Gasteiger partial charge in [0.2, 0.25) is 0 Å². The molecule has 0 aromatic rings. The number of aliphatic hydroxyl groups is 1. The molecule has 17 nitrogen and oxygen atoms in total. The molecule has 0 saturated carbocycles. The molecule has 0 spiro atoms. The van der Waals surface area contributed by atoms with Crippen molar-refractivity contribution in [2.45, 2.75) is 375 Å². The summed E-state index contributed by atoms with van der Waals surface area (Å²) in [5.74, 6) is 0.843. The van der Waals surface area contributed by atoms with Gasteiger partial charge in [-0.15, -0.1) is 0 Å². The van der Waals surface area contributed by atoms with Crippen LogP contribution < -0.4 is 0 Å². The van der Waals surface area contributed by atoms with Crippen LogP contribution >= 0.6 is 15.6 Å². The molecule has 0 aliphatic heterocycles. The number of unbranched alkanes of at least 4 members (excludes halogenated alkanes) is 33. The highest BCUT2D eigenvalue weighted by Crippen LogP contribution is 2.45. The molecule has 91 heavy (non-hydrogen) atoms. The van der Waals surface area contributed by atoms with E-state index in [2.05, 4.69) is 55.4 Å². The number of esters is 4. The van der Waals surface area contributed by atoms with E-state index in [1.165, 1.54) is 148 Å². The van der Waals surface area contributed by atoms with Gasteiger partial charge in [0.15, 0.2) is 12.2 Å². The second-order valence-corrected chi connectivity index (χ2v) is 30.3. The van der Waals surface area contributed by atoms with E-state index in [4.69, 9.17) is 37.0 Å². The zero-order valence-electron chi connectivity index (χ0n) is 59.5. The van der Waals surface area contributed by atoms with E-state index < -0.39 is 97.5 Å². The summed E-state index contributed by atoms with van der Waals surface area (Å²) in [5.41, 5.74) is 0. The van der Waals surface area contributed by atoms with E-state index in [-0.39, 0.29) is 25.7 Å². The highest BCUT2D eigenvalue weighted by Gasteiger charge is 2.30.